The second kappa shape index (κ2) is 4.16. The van der Waals surface area contributed by atoms with Crippen LogP contribution in [0.3, 0.4) is 0 Å². The number of nitrogens with zero attached hydrogens (tertiary/aromatic N) is 3. The van der Waals surface area contributed by atoms with Gasteiger partial charge in [-0.25, -0.2) is 9.78 Å². The van der Waals surface area contributed by atoms with Crippen LogP contribution in [-0.4, -0.2) is 43.6 Å². The number of rotatable bonds is 2. The van der Waals surface area contributed by atoms with Crippen LogP contribution < -0.4 is 11.4 Å². The average molecular weight is 228 g/mol. The molecule has 2 unspecified atom stereocenters. The van der Waals surface area contributed by atoms with Gasteiger partial charge >= 0.3 is 5.69 Å². The van der Waals surface area contributed by atoms with Gasteiger partial charge < -0.3 is 20.7 Å². The van der Waals surface area contributed by atoms with Crippen LogP contribution in [0.5, 0.6) is 0 Å². The Balaban J connectivity index is 2.23. The van der Waals surface area contributed by atoms with E-state index in [1.807, 2.05) is 0 Å². The largest absolute Gasteiger partial charge is 0.394 e. The molecule has 0 saturated carbocycles. The van der Waals surface area contributed by atoms with Crippen molar-refractivity contribution in [3.05, 3.63) is 16.8 Å². The van der Waals surface area contributed by atoms with Crippen molar-refractivity contribution in [2.75, 3.05) is 12.3 Å². The fourth-order valence-corrected chi connectivity index (χ4v) is 1.60. The third-order valence-electron chi connectivity index (χ3n) is 2.44. The van der Waals surface area contributed by atoms with Crippen LogP contribution in [0.1, 0.15) is 12.6 Å². The number of aromatic nitrogens is 3. The lowest BCUT2D eigenvalue weighted by Crippen LogP contribution is -2.28. The predicted octanol–water partition coefficient (Wildman–Crippen LogP) is -2.14. The zero-order valence-electron chi connectivity index (χ0n) is 8.35. The summed E-state index contributed by atoms with van der Waals surface area (Å²) >= 11 is 0. The van der Waals surface area contributed by atoms with Crippen LogP contribution in [0.25, 0.3) is 0 Å². The van der Waals surface area contributed by atoms with Crippen molar-refractivity contribution in [3.8, 4) is 0 Å². The van der Waals surface area contributed by atoms with E-state index in [1.165, 1.54) is 6.33 Å². The quantitative estimate of drug-likeness (QED) is 0.527. The highest BCUT2D eigenvalue weighted by atomic mass is 16.5. The average Bonchev–Trinajstić information content (AvgIpc) is 2.59. The second-order valence-corrected chi connectivity index (χ2v) is 3.52. The SMILES string of the molecule is Nc1ncn(C2CC(O)[C@@H](CO)O2)c(=O)n1. The van der Waals surface area contributed by atoms with Gasteiger partial charge in [0.15, 0.2) is 0 Å². The smallest absolute Gasteiger partial charge is 0.354 e. The van der Waals surface area contributed by atoms with Gasteiger partial charge in [-0.2, -0.15) is 4.98 Å². The maximum absolute atomic E-state index is 11.4. The molecule has 0 radical (unpaired) electrons. The van der Waals surface area contributed by atoms with Gasteiger partial charge in [0.25, 0.3) is 0 Å². The Morgan fingerprint density at radius 2 is 2.44 bits per heavy atom. The van der Waals surface area contributed by atoms with Gasteiger partial charge in [-0.3, -0.25) is 4.57 Å². The van der Waals surface area contributed by atoms with Crippen LogP contribution in [0.2, 0.25) is 0 Å². The molecule has 4 N–H and O–H groups in total. The highest BCUT2D eigenvalue weighted by Gasteiger charge is 2.35. The molecule has 1 aliphatic rings. The van der Waals surface area contributed by atoms with E-state index in [-0.39, 0.29) is 19.0 Å². The van der Waals surface area contributed by atoms with Crippen LogP contribution >= 0.6 is 0 Å². The number of nitrogens with two attached hydrogens (primary N) is 1. The number of anilines is 1. The lowest BCUT2D eigenvalue weighted by atomic mass is 10.2. The first kappa shape index (κ1) is 11.0. The van der Waals surface area contributed by atoms with E-state index in [2.05, 4.69) is 9.97 Å². The molecule has 3 atom stereocenters. The maximum Gasteiger partial charge on any atom is 0.354 e. The molecule has 8 nitrogen and oxygen atoms in total. The monoisotopic (exact) mass is 228 g/mol. The van der Waals surface area contributed by atoms with Crippen molar-refractivity contribution in [2.45, 2.75) is 24.9 Å². The second-order valence-electron chi connectivity index (χ2n) is 3.52. The van der Waals surface area contributed by atoms with Crippen molar-refractivity contribution in [1.82, 2.24) is 14.5 Å². The van der Waals surface area contributed by atoms with Crippen LogP contribution in [0.15, 0.2) is 11.1 Å². The topological polar surface area (TPSA) is 123 Å². The van der Waals surface area contributed by atoms with E-state index in [1.54, 1.807) is 0 Å². The lowest BCUT2D eigenvalue weighted by molar-refractivity contribution is -0.0462. The maximum atomic E-state index is 11.4. The van der Waals surface area contributed by atoms with E-state index in [9.17, 15) is 9.90 Å². The molecule has 1 aliphatic heterocycles. The summed E-state index contributed by atoms with van der Waals surface area (Å²) in [6.45, 7) is -0.303. The Labute approximate surface area is 90.3 Å². The highest BCUT2D eigenvalue weighted by molar-refractivity contribution is 5.09. The number of ether oxygens (including phenoxy) is 1. The van der Waals surface area contributed by atoms with E-state index >= 15 is 0 Å². The van der Waals surface area contributed by atoms with Crippen LogP contribution in [0.4, 0.5) is 5.95 Å². The molecule has 0 spiro atoms. The van der Waals surface area contributed by atoms with Crippen molar-refractivity contribution in [3.63, 3.8) is 0 Å². The fraction of sp³-hybridized carbons (Fsp3) is 0.625. The van der Waals surface area contributed by atoms with E-state index in [0.717, 1.165) is 4.57 Å². The summed E-state index contributed by atoms with van der Waals surface area (Å²) in [5, 5.41) is 18.4. The van der Waals surface area contributed by atoms with Crippen molar-refractivity contribution in [1.29, 1.82) is 0 Å². The molecule has 2 heterocycles. The first-order chi connectivity index (χ1) is 7.61. The predicted molar refractivity (Wildman–Crippen MR) is 52.3 cm³/mol. The minimum absolute atomic E-state index is 0.112. The number of aliphatic hydroxyl groups excluding tert-OH is 2. The lowest BCUT2D eigenvalue weighted by Gasteiger charge is -2.13. The molecule has 8 heteroatoms. The molecule has 0 amide bonds. The number of hydrogen-bond donors (Lipinski definition) is 3. The standard InChI is InChI=1S/C8H12N4O4/c9-7-10-3-12(8(15)11-7)6-1-4(14)5(2-13)16-6/h3-6,13-14H,1-2H2,(H2,9,11,15)/t4?,5-,6?/m1/s1. The van der Waals surface area contributed by atoms with Crippen molar-refractivity contribution < 1.29 is 14.9 Å². The van der Waals surface area contributed by atoms with Gasteiger partial charge in [0.1, 0.15) is 18.7 Å². The molecular formula is C8H12N4O4. The number of nitrogen functional groups attached to an aromatic ring is 1. The van der Waals surface area contributed by atoms with Crippen molar-refractivity contribution in [2.24, 2.45) is 0 Å². The number of hydrogen-bond acceptors (Lipinski definition) is 7. The molecule has 0 aliphatic carbocycles. The van der Waals surface area contributed by atoms with E-state index in [0.29, 0.717) is 0 Å². The third-order valence-corrected chi connectivity index (χ3v) is 2.44. The molecule has 1 fully saturated rings. The van der Waals surface area contributed by atoms with E-state index in [4.69, 9.17) is 15.6 Å². The molecule has 16 heavy (non-hydrogen) atoms. The first-order valence-electron chi connectivity index (χ1n) is 4.77. The highest BCUT2D eigenvalue weighted by Crippen LogP contribution is 2.26. The normalized spacial score (nSPS) is 29.5. The molecule has 0 bridgehead atoms. The van der Waals surface area contributed by atoms with Gasteiger partial charge in [0.2, 0.25) is 5.95 Å². The fourth-order valence-electron chi connectivity index (χ4n) is 1.60. The van der Waals surface area contributed by atoms with E-state index < -0.39 is 24.1 Å². The zero-order chi connectivity index (χ0) is 11.7. The Hall–Kier alpha value is -1.51. The molecule has 0 aromatic carbocycles. The van der Waals surface area contributed by atoms with Crippen LogP contribution in [0, 0.1) is 0 Å². The number of aliphatic hydroxyl groups is 2. The van der Waals surface area contributed by atoms with Gasteiger partial charge in [-0.15, -0.1) is 0 Å². The zero-order valence-corrected chi connectivity index (χ0v) is 8.35. The molecule has 2 rings (SSSR count). The Kier molecular flexibility index (Phi) is 2.86. The van der Waals surface area contributed by atoms with Gasteiger partial charge in [-0.1, -0.05) is 0 Å². The Morgan fingerprint density at radius 1 is 1.69 bits per heavy atom. The minimum atomic E-state index is -0.806. The Bertz CT molecular complexity index is 434. The summed E-state index contributed by atoms with van der Waals surface area (Å²) in [6.07, 6.45) is -0.741. The Morgan fingerprint density at radius 3 is 3.00 bits per heavy atom. The summed E-state index contributed by atoms with van der Waals surface area (Å²) in [5.41, 5.74) is 4.65. The molecular weight excluding hydrogens is 216 g/mol. The molecule has 1 saturated heterocycles. The summed E-state index contributed by atoms with van der Waals surface area (Å²) in [7, 11) is 0. The first-order valence-corrected chi connectivity index (χ1v) is 4.77. The summed E-state index contributed by atoms with van der Waals surface area (Å²) in [5.74, 6) is -0.112. The van der Waals surface area contributed by atoms with Crippen molar-refractivity contribution >= 4 is 5.95 Å². The molecule has 1 aromatic heterocycles. The summed E-state index contributed by atoms with van der Waals surface area (Å²) < 4.78 is 6.41. The summed E-state index contributed by atoms with van der Waals surface area (Å²) in [6, 6.07) is 0. The molecule has 88 valence electrons. The van der Waals surface area contributed by atoms with Gasteiger partial charge in [0.05, 0.1) is 12.7 Å². The van der Waals surface area contributed by atoms with Gasteiger partial charge in [0, 0.05) is 6.42 Å². The third kappa shape index (κ3) is 1.90. The minimum Gasteiger partial charge on any atom is -0.394 e. The van der Waals surface area contributed by atoms with Gasteiger partial charge in [-0.05, 0) is 0 Å². The summed E-state index contributed by atoms with van der Waals surface area (Å²) in [4.78, 5) is 18.5. The van der Waals surface area contributed by atoms with Crippen LogP contribution in [-0.2, 0) is 4.74 Å². The molecule has 1 aromatic rings.